The molecule has 0 aliphatic carbocycles. The van der Waals surface area contributed by atoms with E-state index < -0.39 is 27.7 Å². The van der Waals surface area contributed by atoms with Crippen molar-refractivity contribution in [3.8, 4) is 6.07 Å². The molecule has 1 rings (SSSR count). The molecule has 0 heterocycles. The molecule has 1 aromatic carbocycles. The zero-order valence-electron chi connectivity index (χ0n) is 11.5. The number of halogens is 1. The highest BCUT2D eigenvalue weighted by Gasteiger charge is 2.23. The van der Waals surface area contributed by atoms with Gasteiger partial charge in [-0.05, 0) is 18.1 Å². The lowest BCUT2D eigenvalue weighted by Crippen LogP contribution is -2.08. The minimum Gasteiger partial charge on any atom is -0.506 e. The van der Waals surface area contributed by atoms with Crippen LogP contribution < -0.4 is 0 Å². The van der Waals surface area contributed by atoms with Crippen LogP contribution in [0.3, 0.4) is 0 Å². The first kappa shape index (κ1) is 16.7. The largest absolute Gasteiger partial charge is 0.506 e. The van der Waals surface area contributed by atoms with Crippen LogP contribution in [-0.2, 0) is 4.79 Å². The molecule has 0 aliphatic heterocycles. The van der Waals surface area contributed by atoms with Gasteiger partial charge in [0.2, 0.25) is 0 Å². The smallest absolute Gasteiger partial charge is 0.281 e. The van der Waals surface area contributed by atoms with Crippen LogP contribution in [0.2, 0.25) is 5.02 Å². The first-order chi connectivity index (χ1) is 9.77. The summed E-state index contributed by atoms with van der Waals surface area (Å²) in [5.74, 6) is -1.27. The summed E-state index contributed by atoms with van der Waals surface area (Å²) < 4.78 is 0. The summed E-state index contributed by atoms with van der Waals surface area (Å²) in [6, 6.07) is 5.20. The fraction of sp³-hybridized carbons (Fsp3) is 0.286. The Labute approximate surface area is 126 Å². The fourth-order valence-electron chi connectivity index (χ4n) is 1.71. The second-order valence-electron chi connectivity index (χ2n) is 4.78. The minimum absolute atomic E-state index is 0.00569. The monoisotopic (exact) mass is 308 g/mol. The van der Waals surface area contributed by atoms with E-state index in [2.05, 4.69) is 0 Å². The van der Waals surface area contributed by atoms with Crippen molar-refractivity contribution in [3.05, 3.63) is 44.5 Å². The van der Waals surface area contributed by atoms with Gasteiger partial charge in [-0.15, -0.1) is 0 Å². The Hall–Kier alpha value is -2.39. The molecule has 1 N–H and O–H groups in total. The lowest BCUT2D eigenvalue weighted by atomic mass is 9.98. The van der Waals surface area contributed by atoms with E-state index in [1.165, 1.54) is 12.1 Å². The number of Topliss-reactive ketones (excluding diaryl/α,β-unsaturated/α-hetero) is 1. The van der Waals surface area contributed by atoms with Crippen LogP contribution in [0, 0.1) is 27.4 Å². The number of benzene rings is 1. The first-order valence-electron chi connectivity index (χ1n) is 6.08. The molecule has 0 aliphatic rings. The normalized spacial score (nSPS) is 11.8. The quantitative estimate of drug-likeness (QED) is 0.294. The lowest BCUT2D eigenvalue weighted by Gasteiger charge is -2.07. The molecule has 0 amide bonds. The SMILES string of the molecule is CC(C)CC(=O)C(C#N)=C(O)c1ccc(Cl)cc1[N+](=O)[O-]. The van der Waals surface area contributed by atoms with E-state index in [1.54, 1.807) is 19.9 Å². The van der Waals surface area contributed by atoms with Gasteiger partial charge in [0, 0.05) is 17.5 Å². The Morgan fingerprint density at radius 1 is 1.52 bits per heavy atom. The summed E-state index contributed by atoms with van der Waals surface area (Å²) in [7, 11) is 0. The van der Waals surface area contributed by atoms with Crippen molar-refractivity contribution in [2.24, 2.45) is 5.92 Å². The zero-order valence-corrected chi connectivity index (χ0v) is 12.2. The number of carbonyl (C=O) groups is 1. The third-order valence-electron chi connectivity index (χ3n) is 2.63. The van der Waals surface area contributed by atoms with Gasteiger partial charge in [0.1, 0.15) is 11.6 Å². The van der Waals surface area contributed by atoms with Gasteiger partial charge in [-0.3, -0.25) is 14.9 Å². The summed E-state index contributed by atoms with van der Waals surface area (Å²) in [6.07, 6.45) is 0.0638. The molecule has 0 radical (unpaired) electrons. The van der Waals surface area contributed by atoms with Crippen LogP contribution >= 0.6 is 11.6 Å². The molecule has 110 valence electrons. The maximum atomic E-state index is 11.9. The van der Waals surface area contributed by atoms with Gasteiger partial charge < -0.3 is 5.11 Å². The van der Waals surface area contributed by atoms with Crippen molar-refractivity contribution in [2.45, 2.75) is 20.3 Å². The molecule has 6 nitrogen and oxygen atoms in total. The maximum absolute atomic E-state index is 11.9. The topological polar surface area (TPSA) is 104 Å². The zero-order chi connectivity index (χ0) is 16.2. The number of nitrogens with zero attached hydrogens (tertiary/aromatic N) is 2. The Morgan fingerprint density at radius 3 is 2.62 bits per heavy atom. The van der Waals surface area contributed by atoms with Crippen molar-refractivity contribution < 1.29 is 14.8 Å². The van der Waals surface area contributed by atoms with Crippen LogP contribution in [-0.4, -0.2) is 15.8 Å². The second-order valence-corrected chi connectivity index (χ2v) is 5.21. The second kappa shape index (κ2) is 6.86. The Bertz CT molecular complexity index is 659. The molecule has 0 atom stereocenters. The maximum Gasteiger partial charge on any atom is 0.281 e. The number of rotatable bonds is 5. The molecule has 21 heavy (non-hydrogen) atoms. The Balaban J connectivity index is 3.43. The number of hydrogen-bond acceptors (Lipinski definition) is 5. The summed E-state index contributed by atoms with van der Waals surface area (Å²) in [6.45, 7) is 3.57. The third-order valence-corrected chi connectivity index (χ3v) is 2.87. The standard InChI is InChI=1S/C14H13ClN2O4/c1-8(2)5-13(18)11(7-16)14(19)10-4-3-9(15)6-12(10)17(20)21/h3-4,6,8,19H,5H2,1-2H3. The number of allylic oxidation sites excluding steroid dienone is 1. The van der Waals surface area contributed by atoms with Gasteiger partial charge in [-0.2, -0.15) is 5.26 Å². The van der Waals surface area contributed by atoms with Crippen LogP contribution in [0.5, 0.6) is 0 Å². The Morgan fingerprint density at radius 2 is 2.14 bits per heavy atom. The van der Waals surface area contributed by atoms with Gasteiger partial charge >= 0.3 is 0 Å². The van der Waals surface area contributed by atoms with Crippen LogP contribution in [0.1, 0.15) is 25.8 Å². The van der Waals surface area contributed by atoms with E-state index in [1.807, 2.05) is 0 Å². The average molecular weight is 309 g/mol. The first-order valence-corrected chi connectivity index (χ1v) is 6.46. The molecular formula is C14H13ClN2O4. The molecular weight excluding hydrogens is 296 g/mol. The summed E-state index contributed by atoms with van der Waals surface area (Å²) in [4.78, 5) is 22.2. The van der Waals surface area contributed by atoms with Crippen LogP contribution in [0.4, 0.5) is 5.69 Å². The van der Waals surface area contributed by atoms with Gasteiger partial charge in [0.25, 0.3) is 5.69 Å². The molecule has 7 heteroatoms. The highest BCUT2D eigenvalue weighted by atomic mass is 35.5. The highest BCUT2D eigenvalue weighted by molar-refractivity contribution is 6.30. The van der Waals surface area contributed by atoms with E-state index >= 15 is 0 Å². The highest BCUT2D eigenvalue weighted by Crippen LogP contribution is 2.30. The number of nitro benzene ring substituents is 1. The van der Waals surface area contributed by atoms with Crippen molar-refractivity contribution in [2.75, 3.05) is 0 Å². The van der Waals surface area contributed by atoms with Crippen molar-refractivity contribution >= 4 is 28.8 Å². The molecule has 0 unspecified atom stereocenters. The molecule has 0 aromatic heterocycles. The number of aliphatic hydroxyl groups is 1. The molecule has 0 fully saturated rings. The lowest BCUT2D eigenvalue weighted by molar-refractivity contribution is -0.385. The minimum atomic E-state index is -0.737. The number of carbonyl (C=O) groups excluding carboxylic acids is 1. The number of ketones is 1. The van der Waals surface area contributed by atoms with E-state index in [4.69, 9.17) is 16.9 Å². The number of nitriles is 1. The summed E-state index contributed by atoms with van der Waals surface area (Å²) >= 11 is 5.68. The van der Waals surface area contributed by atoms with Crippen molar-refractivity contribution in [1.82, 2.24) is 0 Å². The van der Waals surface area contributed by atoms with Gasteiger partial charge in [0.15, 0.2) is 11.5 Å². The van der Waals surface area contributed by atoms with E-state index in [0.29, 0.717) is 0 Å². The molecule has 0 saturated heterocycles. The molecule has 0 spiro atoms. The average Bonchev–Trinajstić information content (AvgIpc) is 2.38. The molecule has 0 bridgehead atoms. The van der Waals surface area contributed by atoms with Crippen molar-refractivity contribution in [3.63, 3.8) is 0 Å². The van der Waals surface area contributed by atoms with E-state index in [9.17, 15) is 20.0 Å². The van der Waals surface area contributed by atoms with Crippen molar-refractivity contribution in [1.29, 1.82) is 5.26 Å². The molecule has 0 saturated carbocycles. The summed E-state index contributed by atoms with van der Waals surface area (Å²) in [5, 5.41) is 30.2. The number of hydrogen-bond donors (Lipinski definition) is 1. The molecule has 1 aromatic rings. The van der Waals surface area contributed by atoms with Crippen LogP contribution in [0.25, 0.3) is 5.76 Å². The van der Waals surface area contributed by atoms with Gasteiger partial charge in [-0.25, -0.2) is 0 Å². The van der Waals surface area contributed by atoms with E-state index in [-0.39, 0.29) is 22.9 Å². The number of nitro groups is 1. The fourth-order valence-corrected chi connectivity index (χ4v) is 1.88. The van der Waals surface area contributed by atoms with E-state index in [0.717, 1.165) is 6.07 Å². The third kappa shape index (κ3) is 4.04. The van der Waals surface area contributed by atoms with Gasteiger partial charge in [-0.1, -0.05) is 25.4 Å². The number of aliphatic hydroxyl groups excluding tert-OH is 1. The van der Waals surface area contributed by atoms with Gasteiger partial charge in [0.05, 0.1) is 10.5 Å². The summed E-state index contributed by atoms with van der Waals surface area (Å²) in [5.41, 5.74) is -1.17. The van der Waals surface area contributed by atoms with Crippen LogP contribution in [0.15, 0.2) is 23.8 Å². The Kier molecular flexibility index (Phi) is 5.44. The predicted molar refractivity (Wildman–Crippen MR) is 77.7 cm³/mol. The predicted octanol–water partition coefficient (Wildman–Crippen LogP) is 3.66.